The Morgan fingerprint density at radius 1 is 1.31 bits per heavy atom. The van der Waals surface area contributed by atoms with Crippen LogP contribution in [-0.2, 0) is 0 Å². The van der Waals surface area contributed by atoms with E-state index in [9.17, 15) is 5.11 Å². The third kappa shape index (κ3) is 3.35. The van der Waals surface area contributed by atoms with Gasteiger partial charge in [-0.25, -0.2) is 0 Å². The van der Waals surface area contributed by atoms with Gasteiger partial charge < -0.3 is 19.9 Å². The first-order valence-corrected chi connectivity index (χ1v) is 9.63. The summed E-state index contributed by atoms with van der Waals surface area (Å²) in [5, 5.41) is 13.5. The van der Waals surface area contributed by atoms with E-state index in [0.717, 1.165) is 17.4 Å². The minimum absolute atomic E-state index is 0.00325. The molecule has 26 heavy (non-hydrogen) atoms. The molecular formula is C20H28N4OS. The van der Waals surface area contributed by atoms with Crippen molar-refractivity contribution in [3.63, 3.8) is 0 Å². The fourth-order valence-corrected chi connectivity index (χ4v) is 4.45. The Labute approximate surface area is 161 Å². The van der Waals surface area contributed by atoms with Gasteiger partial charge in [0.2, 0.25) is 0 Å². The lowest BCUT2D eigenvalue weighted by atomic mass is 9.96. The van der Waals surface area contributed by atoms with E-state index in [0.29, 0.717) is 12.5 Å². The molecule has 0 aromatic carbocycles. The minimum atomic E-state index is 0.00325. The zero-order valence-corrected chi connectivity index (χ0v) is 16.8. The van der Waals surface area contributed by atoms with Crippen molar-refractivity contribution in [1.82, 2.24) is 19.8 Å². The number of pyridine rings is 1. The van der Waals surface area contributed by atoms with Gasteiger partial charge in [-0.15, -0.1) is 0 Å². The lowest BCUT2D eigenvalue weighted by Gasteiger charge is -2.28. The van der Waals surface area contributed by atoms with Gasteiger partial charge in [0.05, 0.1) is 17.8 Å². The van der Waals surface area contributed by atoms with Crippen molar-refractivity contribution in [1.29, 1.82) is 0 Å². The van der Waals surface area contributed by atoms with Crippen LogP contribution in [0.2, 0.25) is 0 Å². The maximum Gasteiger partial charge on any atom is 0.170 e. The number of aryl methyl sites for hydroxylation is 1. The van der Waals surface area contributed by atoms with E-state index in [1.165, 1.54) is 17.0 Å². The average Bonchev–Trinajstić information content (AvgIpc) is 3.09. The fourth-order valence-electron chi connectivity index (χ4n) is 4.12. The van der Waals surface area contributed by atoms with Gasteiger partial charge >= 0.3 is 0 Å². The first kappa shape index (κ1) is 18.9. The highest BCUT2D eigenvalue weighted by Gasteiger charge is 2.41. The molecule has 0 radical (unpaired) electrons. The molecule has 0 unspecified atom stereocenters. The van der Waals surface area contributed by atoms with Gasteiger partial charge in [-0.05, 0) is 70.1 Å². The summed E-state index contributed by atoms with van der Waals surface area (Å²) >= 11 is 5.64. The Morgan fingerprint density at radius 2 is 2.08 bits per heavy atom. The molecule has 2 N–H and O–H groups in total. The van der Waals surface area contributed by atoms with E-state index in [1.54, 1.807) is 0 Å². The smallest absolute Gasteiger partial charge is 0.170 e. The molecule has 1 fully saturated rings. The Bertz CT molecular complexity index is 772. The Hall–Kier alpha value is -1.92. The van der Waals surface area contributed by atoms with Gasteiger partial charge in [-0.1, -0.05) is 6.07 Å². The van der Waals surface area contributed by atoms with Gasteiger partial charge in [-0.2, -0.15) is 0 Å². The molecule has 5 nitrogen and oxygen atoms in total. The van der Waals surface area contributed by atoms with Gasteiger partial charge in [0.15, 0.2) is 5.11 Å². The molecule has 0 saturated carbocycles. The molecule has 1 aliphatic rings. The van der Waals surface area contributed by atoms with Crippen LogP contribution >= 0.6 is 12.2 Å². The van der Waals surface area contributed by atoms with Crippen LogP contribution in [-0.4, -0.2) is 37.8 Å². The molecule has 0 amide bonds. The molecule has 0 spiro atoms. The molecule has 0 bridgehead atoms. The van der Waals surface area contributed by atoms with E-state index in [1.807, 2.05) is 24.4 Å². The Morgan fingerprint density at radius 3 is 2.65 bits per heavy atom. The molecule has 3 rings (SSSR count). The zero-order chi connectivity index (χ0) is 18.8. The summed E-state index contributed by atoms with van der Waals surface area (Å²) in [4.78, 5) is 6.78. The van der Waals surface area contributed by atoms with E-state index in [4.69, 9.17) is 12.2 Å². The second kappa shape index (κ2) is 7.76. The maximum absolute atomic E-state index is 9.32. The summed E-state index contributed by atoms with van der Waals surface area (Å²) in [6.45, 7) is 9.64. The number of aromatic nitrogens is 2. The lowest BCUT2D eigenvalue weighted by molar-refractivity contribution is 0.247. The SMILES string of the molecule is Cc1cc([C@H]2[C@H](c3ccccn3)NC(=S)N2CCCO)c(C)n1C(C)C. The van der Waals surface area contributed by atoms with Crippen molar-refractivity contribution in [2.45, 2.75) is 52.2 Å². The third-order valence-corrected chi connectivity index (χ3v) is 5.47. The number of nitrogens with one attached hydrogen (secondary N) is 1. The molecule has 2 aromatic rings. The van der Waals surface area contributed by atoms with Crippen LogP contribution in [0, 0.1) is 13.8 Å². The molecule has 3 heterocycles. The second-order valence-electron chi connectivity index (χ2n) is 7.19. The van der Waals surface area contributed by atoms with Crippen molar-refractivity contribution in [2.24, 2.45) is 0 Å². The normalized spacial score (nSPS) is 20.1. The van der Waals surface area contributed by atoms with Crippen molar-refractivity contribution in [3.05, 3.63) is 53.1 Å². The monoisotopic (exact) mass is 372 g/mol. The summed E-state index contributed by atoms with van der Waals surface area (Å²) in [5.74, 6) is 0. The van der Waals surface area contributed by atoms with Crippen molar-refractivity contribution < 1.29 is 5.11 Å². The van der Waals surface area contributed by atoms with Crippen molar-refractivity contribution >= 4 is 17.3 Å². The summed E-state index contributed by atoms with van der Waals surface area (Å²) in [5.41, 5.74) is 4.79. The van der Waals surface area contributed by atoms with E-state index < -0.39 is 0 Å². The number of hydrogen-bond donors (Lipinski definition) is 2. The number of thiocarbonyl (C=S) groups is 1. The van der Waals surface area contributed by atoms with Gasteiger partial charge in [-0.3, -0.25) is 4.98 Å². The number of hydrogen-bond acceptors (Lipinski definition) is 3. The van der Waals surface area contributed by atoms with Crippen LogP contribution in [0.15, 0.2) is 30.5 Å². The van der Waals surface area contributed by atoms with Gasteiger partial charge in [0.1, 0.15) is 0 Å². The topological polar surface area (TPSA) is 53.3 Å². The predicted octanol–water partition coefficient (Wildman–Crippen LogP) is 3.44. The molecule has 2 aromatic heterocycles. The van der Waals surface area contributed by atoms with Crippen molar-refractivity contribution in [3.8, 4) is 0 Å². The highest BCUT2D eigenvalue weighted by atomic mass is 32.1. The molecule has 6 heteroatoms. The van der Waals surface area contributed by atoms with Crippen LogP contribution in [0.4, 0.5) is 0 Å². The van der Waals surface area contributed by atoms with E-state index >= 15 is 0 Å². The van der Waals surface area contributed by atoms with Gasteiger partial charge in [0, 0.05) is 36.8 Å². The first-order chi connectivity index (χ1) is 12.5. The summed E-state index contributed by atoms with van der Waals surface area (Å²) < 4.78 is 2.37. The largest absolute Gasteiger partial charge is 0.396 e. The predicted molar refractivity (Wildman–Crippen MR) is 108 cm³/mol. The van der Waals surface area contributed by atoms with Crippen LogP contribution in [0.1, 0.15) is 61.0 Å². The van der Waals surface area contributed by atoms with Gasteiger partial charge in [0.25, 0.3) is 0 Å². The van der Waals surface area contributed by atoms with E-state index in [2.05, 4.69) is 53.5 Å². The zero-order valence-electron chi connectivity index (χ0n) is 15.9. The molecule has 140 valence electrons. The summed E-state index contributed by atoms with van der Waals surface area (Å²) in [6, 6.07) is 8.75. The van der Waals surface area contributed by atoms with Crippen LogP contribution in [0.3, 0.4) is 0 Å². The Kier molecular flexibility index (Phi) is 5.63. The van der Waals surface area contributed by atoms with Crippen LogP contribution in [0.25, 0.3) is 0 Å². The van der Waals surface area contributed by atoms with Crippen molar-refractivity contribution in [2.75, 3.05) is 13.2 Å². The fraction of sp³-hybridized carbons (Fsp3) is 0.500. The summed E-state index contributed by atoms with van der Waals surface area (Å²) in [7, 11) is 0. The maximum atomic E-state index is 9.32. The lowest BCUT2D eigenvalue weighted by Crippen LogP contribution is -2.31. The standard InChI is InChI=1S/C20H28N4OS/c1-13(2)24-14(3)12-16(15(24)4)19-18(17-8-5-6-9-21-17)22-20(26)23(19)10-7-11-25/h5-6,8-9,12-13,18-19,25H,7,10-11H2,1-4H3,(H,22,26)/t18-,19-/m0/s1. The number of nitrogens with zero attached hydrogens (tertiary/aromatic N) is 3. The number of aliphatic hydroxyl groups excluding tert-OH is 1. The molecule has 2 atom stereocenters. The Balaban J connectivity index is 2.08. The minimum Gasteiger partial charge on any atom is -0.396 e. The van der Waals surface area contributed by atoms with E-state index in [-0.39, 0.29) is 18.7 Å². The highest BCUT2D eigenvalue weighted by Crippen LogP contribution is 2.41. The molecule has 0 aliphatic carbocycles. The molecule has 1 saturated heterocycles. The first-order valence-electron chi connectivity index (χ1n) is 9.23. The molecular weight excluding hydrogens is 344 g/mol. The third-order valence-electron chi connectivity index (χ3n) is 5.11. The average molecular weight is 373 g/mol. The van der Waals surface area contributed by atoms with Crippen LogP contribution < -0.4 is 5.32 Å². The quantitative estimate of drug-likeness (QED) is 0.761. The number of rotatable bonds is 6. The number of aliphatic hydroxyl groups is 1. The second-order valence-corrected chi connectivity index (χ2v) is 7.57. The molecule has 1 aliphatic heterocycles. The van der Waals surface area contributed by atoms with Crippen LogP contribution in [0.5, 0.6) is 0 Å². The highest BCUT2D eigenvalue weighted by molar-refractivity contribution is 7.80. The summed E-state index contributed by atoms with van der Waals surface area (Å²) in [6.07, 6.45) is 2.51.